The molecule has 19 heavy (non-hydrogen) atoms. The van der Waals surface area contributed by atoms with Gasteiger partial charge in [0.15, 0.2) is 0 Å². The Morgan fingerprint density at radius 1 is 1.16 bits per heavy atom. The normalized spacial score (nSPS) is 15.7. The van der Waals surface area contributed by atoms with Crippen LogP contribution >= 0.6 is 0 Å². The third kappa shape index (κ3) is 4.74. The fourth-order valence-corrected chi connectivity index (χ4v) is 2.44. The molecule has 1 fully saturated rings. The Labute approximate surface area is 114 Å². The van der Waals surface area contributed by atoms with Crippen LogP contribution in [0.3, 0.4) is 0 Å². The zero-order chi connectivity index (χ0) is 13.3. The summed E-state index contributed by atoms with van der Waals surface area (Å²) in [7, 11) is 0. The lowest BCUT2D eigenvalue weighted by atomic mass is 9.89. The SMILES string of the molecule is N#CCCNc1cc(NCC2CCCCC2)ncn1. The highest BCUT2D eigenvalue weighted by molar-refractivity contribution is 5.46. The minimum Gasteiger partial charge on any atom is -0.370 e. The van der Waals surface area contributed by atoms with Gasteiger partial charge in [0.25, 0.3) is 0 Å². The molecule has 0 atom stereocenters. The van der Waals surface area contributed by atoms with Crippen LogP contribution in [0.2, 0.25) is 0 Å². The molecule has 0 spiro atoms. The van der Waals surface area contributed by atoms with Gasteiger partial charge in [-0.15, -0.1) is 0 Å². The highest BCUT2D eigenvalue weighted by Crippen LogP contribution is 2.23. The van der Waals surface area contributed by atoms with Gasteiger partial charge in [-0.25, -0.2) is 9.97 Å². The van der Waals surface area contributed by atoms with Crippen LogP contribution in [0.5, 0.6) is 0 Å². The first-order chi connectivity index (χ1) is 9.38. The summed E-state index contributed by atoms with van der Waals surface area (Å²) in [6, 6.07) is 4.00. The molecule has 0 unspecified atom stereocenters. The summed E-state index contributed by atoms with van der Waals surface area (Å²) < 4.78 is 0. The summed E-state index contributed by atoms with van der Waals surface area (Å²) in [5.74, 6) is 2.41. The molecule has 0 bridgehead atoms. The topological polar surface area (TPSA) is 73.6 Å². The number of nitrogens with one attached hydrogen (secondary N) is 2. The second-order valence-corrected chi connectivity index (χ2v) is 5.01. The fourth-order valence-electron chi connectivity index (χ4n) is 2.44. The van der Waals surface area contributed by atoms with E-state index < -0.39 is 0 Å². The van der Waals surface area contributed by atoms with Crippen LogP contribution < -0.4 is 10.6 Å². The zero-order valence-corrected chi connectivity index (χ0v) is 11.2. The third-order valence-corrected chi connectivity index (χ3v) is 3.51. The van der Waals surface area contributed by atoms with E-state index in [-0.39, 0.29) is 0 Å². The Morgan fingerprint density at radius 3 is 2.63 bits per heavy atom. The molecule has 1 aromatic heterocycles. The molecule has 0 aromatic carbocycles. The number of rotatable bonds is 6. The van der Waals surface area contributed by atoms with Crippen molar-refractivity contribution in [1.29, 1.82) is 5.26 Å². The van der Waals surface area contributed by atoms with Gasteiger partial charge in [-0.05, 0) is 18.8 Å². The van der Waals surface area contributed by atoms with Crippen LogP contribution in [0, 0.1) is 17.2 Å². The second-order valence-electron chi connectivity index (χ2n) is 5.01. The van der Waals surface area contributed by atoms with Crippen molar-refractivity contribution in [3.8, 4) is 6.07 Å². The van der Waals surface area contributed by atoms with E-state index in [0.717, 1.165) is 24.1 Å². The summed E-state index contributed by atoms with van der Waals surface area (Å²) in [4.78, 5) is 8.36. The van der Waals surface area contributed by atoms with E-state index in [1.54, 1.807) is 6.33 Å². The molecule has 0 radical (unpaired) electrons. The van der Waals surface area contributed by atoms with E-state index in [2.05, 4.69) is 26.7 Å². The van der Waals surface area contributed by atoms with Crippen molar-refractivity contribution in [2.45, 2.75) is 38.5 Å². The van der Waals surface area contributed by atoms with Crippen molar-refractivity contribution in [3.63, 3.8) is 0 Å². The molecule has 2 N–H and O–H groups in total. The highest BCUT2D eigenvalue weighted by Gasteiger charge is 2.13. The molecule has 5 nitrogen and oxygen atoms in total. The number of hydrogen-bond acceptors (Lipinski definition) is 5. The van der Waals surface area contributed by atoms with Crippen molar-refractivity contribution in [1.82, 2.24) is 9.97 Å². The molecule has 1 aromatic rings. The quantitative estimate of drug-likeness (QED) is 0.768. The maximum Gasteiger partial charge on any atom is 0.131 e. The zero-order valence-electron chi connectivity index (χ0n) is 11.2. The predicted molar refractivity (Wildman–Crippen MR) is 75.8 cm³/mol. The fraction of sp³-hybridized carbons (Fsp3) is 0.643. The number of aromatic nitrogens is 2. The van der Waals surface area contributed by atoms with Gasteiger partial charge < -0.3 is 10.6 Å². The number of hydrogen-bond donors (Lipinski definition) is 2. The van der Waals surface area contributed by atoms with Gasteiger partial charge in [-0.3, -0.25) is 0 Å². The molecule has 102 valence electrons. The van der Waals surface area contributed by atoms with E-state index in [1.807, 2.05) is 6.07 Å². The Morgan fingerprint density at radius 2 is 1.89 bits per heavy atom. The van der Waals surface area contributed by atoms with Crippen LogP contribution in [0.25, 0.3) is 0 Å². The average Bonchev–Trinajstić information content (AvgIpc) is 2.47. The molecule has 5 heteroatoms. The third-order valence-electron chi connectivity index (χ3n) is 3.51. The summed E-state index contributed by atoms with van der Waals surface area (Å²) in [6.07, 6.45) is 8.79. The minimum absolute atomic E-state index is 0.481. The lowest BCUT2D eigenvalue weighted by molar-refractivity contribution is 0.373. The first-order valence-electron chi connectivity index (χ1n) is 7.05. The molecular weight excluding hydrogens is 238 g/mol. The summed E-state index contributed by atoms with van der Waals surface area (Å²) >= 11 is 0. The van der Waals surface area contributed by atoms with E-state index in [4.69, 9.17) is 5.26 Å². The van der Waals surface area contributed by atoms with Gasteiger partial charge >= 0.3 is 0 Å². The summed E-state index contributed by atoms with van der Waals surface area (Å²) in [5.41, 5.74) is 0. The first-order valence-corrected chi connectivity index (χ1v) is 7.05. The van der Waals surface area contributed by atoms with Gasteiger partial charge in [0.1, 0.15) is 18.0 Å². The molecule has 1 aliphatic rings. The first kappa shape index (κ1) is 13.6. The molecule has 0 saturated heterocycles. The monoisotopic (exact) mass is 259 g/mol. The Hall–Kier alpha value is -1.83. The highest BCUT2D eigenvalue weighted by atomic mass is 15.1. The van der Waals surface area contributed by atoms with Gasteiger partial charge in [0.2, 0.25) is 0 Å². The number of nitrogens with zero attached hydrogens (tertiary/aromatic N) is 3. The van der Waals surface area contributed by atoms with Crippen LogP contribution in [0.4, 0.5) is 11.6 Å². The summed E-state index contributed by atoms with van der Waals surface area (Å²) in [5, 5.41) is 15.0. The lowest BCUT2D eigenvalue weighted by Gasteiger charge is -2.22. The second kappa shape index (κ2) is 7.57. The minimum atomic E-state index is 0.481. The molecule has 1 aliphatic carbocycles. The Bertz CT molecular complexity index is 420. The molecular formula is C14H21N5. The number of nitriles is 1. The maximum absolute atomic E-state index is 8.49. The standard InChI is InChI=1S/C14H21N5/c15-7-4-8-16-13-9-14(19-11-18-13)17-10-12-5-2-1-3-6-12/h9,11-12H,1-6,8,10H2,(H2,16,17,18,19). The van der Waals surface area contributed by atoms with E-state index in [0.29, 0.717) is 13.0 Å². The molecule has 1 heterocycles. The van der Waals surface area contributed by atoms with Crippen molar-refractivity contribution in [3.05, 3.63) is 12.4 Å². The Balaban J connectivity index is 1.79. The van der Waals surface area contributed by atoms with Gasteiger partial charge in [-0.1, -0.05) is 19.3 Å². The largest absolute Gasteiger partial charge is 0.370 e. The predicted octanol–water partition coefficient (Wildman–Crippen LogP) is 2.79. The van der Waals surface area contributed by atoms with Crippen molar-refractivity contribution < 1.29 is 0 Å². The van der Waals surface area contributed by atoms with Crippen LogP contribution in [-0.4, -0.2) is 23.1 Å². The molecule has 0 aliphatic heterocycles. The van der Waals surface area contributed by atoms with Gasteiger partial charge in [0, 0.05) is 19.2 Å². The van der Waals surface area contributed by atoms with Gasteiger partial charge in [-0.2, -0.15) is 5.26 Å². The molecule has 0 amide bonds. The Kier molecular flexibility index (Phi) is 5.42. The smallest absolute Gasteiger partial charge is 0.131 e. The average molecular weight is 259 g/mol. The van der Waals surface area contributed by atoms with E-state index in [1.165, 1.54) is 32.1 Å². The molecule has 1 saturated carbocycles. The van der Waals surface area contributed by atoms with Gasteiger partial charge in [0.05, 0.1) is 12.5 Å². The molecule has 2 rings (SSSR count). The van der Waals surface area contributed by atoms with Crippen molar-refractivity contribution >= 4 is 11.6 Å². The van der Waals surface area contributed by atoms with Crippen LogP contribution in [-0.2, 0) is 0 Å². The summed E-state index contributed by atoms with van der Waals surface area (Å²) in [6.45, 7) is 1.62. The lowest BCUT2D eigenvalue weighted by Crippen LogP contribution is -2.17. The van der Waals surface area contributed by atoms with Crippen molar-refractivity contribution in [2.75, 3.05) is 23.7 Å². The van der Waals surface area contributed by atoms with E-state index in [9.17, 15) is 0 Å². The maximum atomic E-state index is 8.49. The van der Waals surface area contributed by atoms with E-state index >= 15 is 0 Å². The number of anilines is 2. The van der Waals surface area contributed by atoms with Crippen molar-refractivity contribution in [2.24, 2.45) is 5.92 Å². The van der Waals surface area contributed by atoms with Crippen LogP contribution in [0.15, 0.2) is 12.4 Å². The van der Waals surface area contributed by atoms with Crippen LogP contribution in [0.1, 0.15) is 38.5 Å².